The number of fused-ring (bicyclic) bond motifs is 1. The molecule has 2 aromatic carbocycles. The van der Waals surface area contributed by atoms with E-state index in [2.05, 4.69) is 51.8 Å². The van der Waals surface area contributed by atoms with Gasteiger partial charge in [-0.2, -0.15) is 5.21 Å². The summed E-state index contributed by atoms with van der Waals surface area (Å²) in [6, 6.07) is 14.1. The van der Waals surface area contributed by atoms with Crippen LogP contribution in [-0.4, -0.2) is 32.1 Å². The van der Waals surface area contributed by atoms with Crippen molar-refractivity contribution in [2.24, 2.45) is 5.73 Å². The first kappa shape index (κ1) is 21.1. The van der Waals surface area contributed by atoms with Crippen molar-refractivity contribution >= 4 is 23.2 Å². The van der Waals surface area contributed by atoms with Crippen molar-refractivity contribution in [3.8, 4) is 11.5 Å². The molecule has 1 aliphatic heterocycles. The van der Waals surface area contributed by atoms with Crippen molar-refractivity contribution < 1.29 is 9.47 Å². The number of aryl methyl sites for hydroxylation is 1. The molecule has 1 atom stereocenters. The average Bonchev–Trinajstić information content (AvgIpc) is 3.34. The molecule has 3 aromatic rings. The van der Waals surface area contributed by atoms with Gasteiger partial charge in [0.05, 0.1) is 0 Å². The zero-order chi connectivity index (χ0) is 21.7. The molecule has 1 unspecified atom stereocenters. The Kier molecular flexibility index (Phi) is 6.39. The number of tetrazole rings is 1. The molecule has 2 heterocycles. The number of hydrogen-bond acceptors (Lipinski definition) is 7. The van der Waals surface area contributed by atoms with Crippen molar-refractivity contribution in [1.29, 1.82) is 0 Å². The van der Waals surface area contributed by atoms with Gasteiger partial charge >= 0.3 is 0 Å². The standard InChI is InChI=1S/C23H25N5O2S/c1-2-3-4-7-16-8-5-9-17(14-16)12-13-20(31)18-10-6-11-19-21(18)30-23(24,15-29-19)22-25-27-28-26-22/h5-6,8-14H,2-4,7,15,24H2,1H3,(H,25,26,27,28). The lowest BCUT2D eigenvalue weighted by Crippen LogP contribution is -2.51. The van der Waals surface area contributed by atoms with Crippen LogP contribution in [0.2, 0.25) is 0 Å². The molecule has 8 heteroatoms. The lowest BCUT2D eigenvalue weighted by molar-refractivity contribution is -0.0149. The molecule has 7 nitrogen and oxygen atoms in total. The van der Waals surface area contributed by atoms with Gasteiger partial charge in [-0.1, -0.05) is 68.4 Å². The lowest BCUT2D eigenvalue weighted by atomic mass is 10.0. The first-order valence-corrected chi connectivity index (χ1v) is 10.8. The fourth-order valence-electron chi connectivity index (χ4n) is 3.47. The Balaban J connectivity index is 1.54. The third-order valence-corrected chi connectivity index (χ3v) is 5.50. The number of nitrogens with one attached hydrogen (secondary N) is 1. The molecule has 3 N–H and O–H groups in total. The van der Waals surface area contributed by atoms with E-state index >= 15 is 0 Å². The van der Waals surface area contributed by atoms with Crippen molar-refractivity contribution in [2.75, 3.05) is 6.61 Å². The van der Waals surface area contributed by atoms with Crippen molar-refractivity contribution in [3.63, 3.8) is 0 Å². The molecule has 0 bridgehead atoms. The van der Waals surface area contributed by atoms with Gasteiger partial charge in [-0.15, -0.1) is 10.2 Å². The minimum absolute atomic E-state index is 0.0659. The van der Waals surface area contributed by atoms with E-state index in [1.807, 2.05) is 30.4 Å². The van der Waals surface area contributed by atoms with E-state index in [9.17, 15) is 0 Å². The maximum atomic E-state index is 6.35. The van der Waals surface area contributed by atoms with Crippen molar-refractivity contribution in [1.82, 2.24) is 20.6 Å². The SMILES string of the molecule is CCCCCc1cccc(C=CC(=S)c2cccc3c2OC(N)(c2nn[nH]n2)CO3)c1. The molecular formula is C23H25N5O2S. The molecule has 31 heavy (non-hydrogen) atoms. The van der Waals surface area contributed by atoms with Crippen LogP contribution in [0.5, 0.6) is 11.5 Å². The molecule has 0 radical (unpaired) electrons. The molecule has 0 saturated heterocycles. The van der Waals surface area contributed by atoms with Gasteiger partial charge in [0, 0.05) is 10.4 Å². The fraction of sp³-hybridized carbons (Fsp3) is 0.304. The quantitative estimate of drug-likeness (QED) is 0.239. The van der Waals surface area contributed by atoms with Crippen LogP contribution in [0.15, 0.2) is 48.5 Å². The Labute approximate surface area is 186 Å². The number of para-hydroxylation sites is 1. The van der Waals surface area contributed by atoms with Crippen LogP contribution in [0, 0.1) is 0 Å². The summed E-state index contributed by atoms with van der Waals surface area (Å²) in [4.78, 5) is 0.620. The smallest absolute Gasteiger partial charge is 0.257 e. The predicted octanol–water partition coefficient (Wildman–Crippen LogP) is 3.95. The molecule has 0 fully saturated rings. The number of hydrogen-bond donors (Lipinski definition) is 2. The second kappa shape index (κ2) is 9.36. The predicted molar refractivity (Wildman–Crippen MR) is 123 cm³/mol. The summed E-state index contributed by atoms with van der Waals surface area (Å²) >= 11 is 5.69. The highest BCUT2D eigenvalue weighted by Gasteiger charge is 2.41. The number of aromatic nitrogens is 4. The number of nitrogens with zero attached hydrogens (tertiary/aromatic N) is 3. The van der Waals surface area contributed by atoms with Crippen LogP contribution in [0.3, 0.4) is 0 Å². The van der Waals surface area contributed by atoms with E-state index in [4.69, 9.17) is 27.4 Å². The molecule has 0 spiro atoms. The summed E-state index contributed by atoms with van der Waals surface area (Å²) in [7, 11) is 0. The van der Waals surface area contributed by atoms with Crippen LogP contribution >= 0.6 is 12.2 Å². The van der Waals surface area contributed by atoms with E-state index in [0.29, 0.717) is 16.4 Å². The summed E-state index contributed by atoms with van der Waals surface area (Å²) in [6.07, 6.45) is 8.68. The Hall–Kier alpha value is -3.10. The van der Waals surface area contributed by atoms with Gasteiger partial charge in [-0.25, -0.2) is 0 Å². The maximum absolute atomic E-state index is 6.35. The zero-order valence-corrected chi connectivity index (χ0v) is 18.2. The highest BCUT2D eigenvalue weighted by atomic mass is 32.1. The zero-order valence-electron chi connectivity index (χ0n) is 17.4. The molecule has 0 amide bonds. The lowest BCUT2D eigenvalue weighted by Gasteiger charge is -2.33. The highest BCUT2D eigenvalue weighted by molar-refractivity contribution is 7.81. The van der Waals surface area contributed by atoms with Crippen LogP contribution in [0.1, 0.15) is 48.7 Å². The van der Waals surface area contributed by atoms with E-state index in [1.165, 1.54) is 24.8 Å². The summed E-state index contributed by atoms with van der Waals surface area (Å²) in [5, 5.41) is 13.8. The van der Waals surface area contributed by atoms with Gasteiger partial charge in [-0.3, -0.25) is 5.73 Å². The molecule has 0 aliphatic carbocycles. The normalized spacial score (nSPS) is 17.7. The molecule has 1 aromatic heterocycles. The van der Waals surface area contributed by atoms with Crippen molar-refractivity contribution in [3.05, 3.63) is 71.1 Å². The number of rotatable bonds is 8. The number of aromatic amines is 1. The van der Waals surface area contributed by atoms with Crippen LogP contribution in [0.4, 0.5) is 0 Å². The molecule has 160 valence electrons. The molecule has 0 saturated carbocycles. The summed E-state index contributed by atoms with van der Waals surface area (Å²) in [5.41, 5.74) is 8.17. The Morgan fingerprint density at radius 1 is 1.26 bits per heavy atom. The highest BCUT2D eigenvalue weighted by Crippen LogP contribution is 2.39. The first-order chi connectivity index (χ1) is 15.1. The number of H-pyrrole nitrogens is 1. The van der Waals surface area contributed by atoms with Crippen LogP contribution < -0.4 is 15.2 Å². The Bertz CT molecular complexity index is 1080. The third-order valence-electron chi connectivity index (χ3n) is 5.14. The number of unbranched alkanes of at least 4 members (excludes halogenated alkanes) is 2. The van der Waals surface area contributed by atoms with E-state index < -0.39 is 5.72 Å². The van der Waals surface area contributed by atoms with Gasteiger partial charge < -0.3 is 9.47 Å². The number of ether oxygens (including phenoxy) is 2. The Morgan fingerprint density at radius 2 is 2.13 bits per heavy atom. The maximum Gasteiger partial charge on any atom is 0.257 e. The summed E-state index contributed by atoms with van der Waals surface area (Å²) in [6.45, 7) is 2.28. The van der Waals surface area contributed by atoms with Crippen LogP contribution in [0.25, 0.3) is 6.08 Å². The van der Waals surface area contributed by atoms with E-state index in [0.717, 1.165) is 17.5 Å². The van der Waals surface area contributed by atoms with E-state index in [1.54, 1.807) is 0 Å². The van der Waals surface area contributed by atoms with Crippen LogP contribution in [-0.2, 0) is 12.1 Å². The minimum atomic E-state index is -1.34. The van der Waals surface area contributed by atoms with Gasteiger partial charge in [0.1, 0.15) is 6.61 Å². The van der Waals surface area contributed by atoms with Gasteiger partial charge in [0.25, 0.3) is 5.72 Å². The van der Waals surface area contributed by atoms with Gasteiger partial charge in [-0.05, 0) is 47.4 Å². The molecule has 1 aliphatic rings. The van der Waals surface area contributed by atoms with Gasteiger partial charge in [0.15, 0.2) is 11.5 Å². The minimum Gasteiger partial charge on any atom is -0.483 e. The first-order valence-electron chi connectivity index (χ1n) is 10.4. The summed E-state index contributed by atoms with van der Waals surface area (Å²) < 4.78 is 11.9. The molecular weight excluding hydrogens is 410 g/mol. The Morgan fingerprint density at radius 3 is 2.94 bits per heavy atom. The van der Waals surface area contributed by atoms with Gasteiger partial charge in [0.2, 0.25) is 5.82 Å². The third kappa shape index (κ3) is 4.81. The average molecular weight is 436 g/mol. The second-order valence-corrected chi connectivity index (χ2v) is 7.99. The largest absolute Gasteiger partial charge is 0.483 e. The topological polar surface area (TPSA) is 98.9 Å². The number of benzene rings is 2. The second-order valence-electron chi connectivity index (χ2n) is 7.55. The number of thiocarbonyl (C=S) groups is 1. The summed E-state index contributed by atoms with van der Waals surface area (Å²) in [5.74, 6) is 1.27. The number of nitrogens with two attached hydrogens (primary N) is 1. The van der Waals surface area contributed by atoms with E-state index in [-0.39, 0.29) is 12.4 Å². The van der Waals surface area contributed by atoms with Crippen molar-refractivity contribution in [2.45, 2.75) is 38.3 Å². The number of allylic oxidation sites excluding steroid dienone is 1. The monoisotopic (exact) mass is 435 g/mol. The molecule has 4 rings (SSSR count). The fourth-order valence-corrected chi connectivity index (χ4v) is 3.70.